The number of halogens is 1. The van der Waals surface area contributed by atoms with Gasteiger partial charge in [0.1, 0.15) is 12.6 Å². The van der Waals surface area contributed by atoms with Gasteiger partial charge in [0, 0.05) is 10.6 Å². The van der Waals surface area contributed by atoms with E-state index in [4.69, 9.17) is 22.1 Å². The van der Waals surface area contributed by atoms with Crippen LogP contribution in [0.3, 0.4) is 0 Å². The van der Waals surface area contributed by atoms with Crippen LogP contribution in [0.25, 0.3) is 0 Å². The molecule has 0 heterocycles. The summed E-state index contributed by atoms with van der Waals surface area (Å²) in [4.78, 5) is 11.3. The Balaban J connectivity index is 2.51. The Hall–Kier alpha value is -1.06. The van der Waals surface area contributed by atoms with E-state index in [0.717, 1.165) is 5.56 Å². The number of rotatable bonds is 4. The van der Waals surface area contributed by atoms with Gasteiger partial charge in [-0.2, -0.15) is 0 Å². The largest absolute Gasteiger partial charge is 0.460 e. The third kappa shape index (κ3) is 3.53. The van der Waals surface area contributed by atoms with E-state index in [9.17, 15) is 4.79 Å². The predicted molar refractivity (Wildman–Crippen MR) is 59.5 cm³/mol. The maximum Gasteiger partial charge on any atom is 0.323 e. The molecule has 4 heteroatoms. The number of hydrogen-bond acceptors (Lipinski definition) is 3. The summed E-state index contributed by atoms with van der Waals surface area (Å²) in [5.41, 5.74) is 6.30. The summed E-state index contributed by atoms with van der Waals surface area (Å²) in [5.74, 6) is -0.391. The molecule has 82 valence electrons. The zero-order valence-corrected chi connectivity index (χ0v) is 9.33. The van der Waals surface area contributed by atoms with E-state index >= 15 is 0 Å². The van der Waals surface area contributed by atoms with E-state index in [1.165, 1.54) is 0 Å². The smallest absolute Gasteiger partial charge is 0.323 e. The highest BCUT2D eigenvalue weighted by molar-refractivity contribution is 6.31. The summed E-state index contributed by atoms with van der Waals surface area (Å²) in [7, 11) is 0. The lowest BCUT2D eigenvalue weighted by atomic mass is 10.2. The predicted octanol–water partition coefficient (Wildman–Crippen LogP) is 2.12. The molecule has 0 bridgehead atoms. The molecule has 1 aromatic carbocycles. The van der Waals surface area contributed by atoms with Crippen molar-refractivity contribution in [3.63, 3.8) is 0 Å². The third-order valence-corrected chi connectivity index (χ3v) is 2.44. The van der Waals surface area contributed by atoms with Gasteiger partial charge in [-0.3, -0.25) is 4.79 Å². The molecule has 0 unspecified atom stereocenters. The average molecular weight is 228 g/mol. The van der Waals surface area contributed by atoms with E-state index in [2.05, 4.69) is 0 Å². The number of carbonyl (C=O) groups excluding carboxylic acids is 1. The van der Waals surface area contributed by atoms with Crippen LogP contribution in [-0.4, -0.2) is 12.0 Å². The van der Waals surface area contributed by atoms with Crippen LogP contribution >= 0.6 is 11.6 Å². The molecule has 0 amide bonds. The molecule has 0 aliphatic rings. The number of esters is 1. The lowest BCUT2D eigenvalue weighted by molar-refractivity contribution is -0.146. The molecule has 0 radical (unpaired) electrons. The van der Waals surface area contributed by atoms with Crippen LogP contribution in [0.1, 0.15) is 18.9 Å². The molecule has 0 aromatic heterocycles. The van der Waals surface area contributed by atoms with Crippen molar-refractivity contribution in [2.75, 3.05) is 0 Å². The van der Waals surface area contributed by atoms with Gasteiger partial charge < -0.3 is 10.5 Å². The molecule has 1 rings (SSSR count). The fourth-order valence-corrected chi connectivity index (χ4v) is 1.23. The fraction of sp³-hybridized carbons (Fsp3) is 0.364. The quantitative estimate of drug-likeness (QED) is 0.802. The van der Waals surface area contributed by atoms with Crippen molar-refractivity contribution in [1.82, 2.24) is 0 Å². The second-order valence-electron chi connectivity index (χ2n) is 3.21. The lowest BCUT2D eigenvalue weighted by Crippen LogP contribution is -2.31. The maximum absolute atomic E-state index is 11.3. The van der Waals surface area contributed by atoms with Crippen LogP contribution in [0.4, 0.5) is 0 Å². The van der Waals surface area contributed by atoms with Crippen molar-refractivity contribution in [3.05, 3.63) is 34.9 Å². The van der Waals surface area contributed by atoms with Crippen molar-refractivity contribution in [1.29, 1.82) is 0 Å². The first-order chi connectivity index (χ1) is 7.15. The van der Waals surface area contributed by atoms with E-state index in [1.807, 2.05) is 25.1 Å². The third-order valence-electron chi connectivity index (χ3n) is 2.07. The Kier molecular flexibility index (Phi) is 4.59. The number of hydrogen-bond donors (Lipinski definition) is 1. The Labute approximate surface area is 94.2 Å². The average Bonchev–Trinajstić information content (AvgIpc) is 2.26. The van der Waals surface area contributed by atoms with Gasteiger partial charge in [0.05, 0.1) is 0 Å². The number of nitrogens with two attached hydrogens (primary N) is 1. The fourth-order valence-electron chi connectivity index (χ4n) is 1.04. The van der Waals surface area contributed by atoms with Gasteiger partial charge in [-0.05, 0) is 12.5 Å². The van der Waals surface area contributed by atoms with Gasteiger partial charge in [-0.15, -0.1) is 0 Å². The molecule has 0 aliphatic heterocycles. The maximum atomic E-state index is 11.3. The minimum absolute atomic E-state index is 0.173. The van der Waals surface area contributed by atoms with E-state index < -0.39 is 12.0 Å². The van der Waals surface area contributed by atoms with Crippen molar-refractivity contribution in [3.8, 4) is 0 Å². The summed E-state index contributed by atoms with van der Waals surface area (Å²) in [6, 6.07) is 6.69. The van der Waals surface area contributed by atoms with Crippen LogP contribution in [0, 0.1) is 0 Å². The van der Waals surface area contributed by atoms with Gasteiger partial charge >= 0.3 is 5.97 Å². The Morgan fingerprint density at radius 1 is 1.53 bits per heavy atom. The SMILES string of the molecule is CC[C@H](N)C(=O)OCc1ccccc1Cl. The highest BCUT2D eigenvalue weighted by Gasteiger charge is 2.12. The first kappa shape index (κ1) is 12.0. The summed E-state index contributed by atoms with van der Waals surface area (Å²) in [5, 5.41) is 0.593. The van der Waals surface area contributed by atoms with E-state index in [1.54, 1.807) is 6.07 Å². The van der Waals surface area contributed by atoms with Crippen LogP contribution in [-0.2, 0) is 16.1 Å². The van der Waals surface area contributed by atoms with Gasteiger partial charge in [0.15, 0.2) is 0 Å². The molecule has 0 fully saturated rings. The van der Waals surface area contributed by atoms with Crippen molar-refractivity contribution >= 4 is 17.6 Å². The molecule has 3 nitrogen and oxygen atoms in total. The standard InChI is InChI=1S/C11H14ClNO2/c1-2-10(13)11(14)15-7-8-5-3-4-6-9(8)12/h3-6,10H,2,7,13H2,1H3/t10-/m0/s1. The van der Waals surface area contributed by atoms with Crippen molar-refractivity contribution in [2.24, 2.45) is 5.73 Å². The zero-order valence-electron chi connectivity index (χ0n) is 8.57. The minimum Gasteiger partial charge on any atom is -0.460 e. The second-order valence-corrected chi connectivity index (χ2v) is 3.62. The summed E-state index contributed by atoms with van der Waals surface area (Å²) < 4.78 is 5.01. The van der Waals surface area contributed by atoms with Crippen LogP contribution in [0.5, 0.6) is 0 Å². The molecule has 15 heavy (non-hydrogen) atoms. The molecule has 1 aromatic rings. The number of ether oxygens (including phenoxy) is 1. The lowest BCUT2D eigenvalue weighted by Gasteiger charge is -2.09. The van der Waals surface area contributed by atoms with Crippen LogP contribution < -0.4 is 5.73 Å². The Morgan fingerprint density at radius 3 is 2.80 bits per heavy atom. The van der Waals surface area contributed by atoms with E-state index in [-0.39, 0.29) is 6.61 Å². The first-order valence-corrected chi connectivity index (χ1v) is 5.18. The van der Waals surface area contributed by atoms with Crippen LogP contribution in [0.2, 0.25) is 5.02 Å². The second kappa shape index (κ2) is 5.73. The summed E-state index contributed by atoms with van der Waals surface area (Å²) >= 11 is 5.90. The normalized spacial score (nSPS) is 12.2. The Morgan fingerprint density at radius 2 is 2.20 bits per heavy atom. The van der Waals surface area contributed by atoms with Gasteiger partial charge in [-0.1, -0.05) is 36.7 Å². The number of benzene rings is 1. The van der Waals surface area contributed by atoms with Crippen molar-refractivity contribution < 1.29 is 9.53 Å². The minimum atomic E-state index is -0.549. The zero-order chi connectivity index (χ0) is 11.3. The molecule has 0 aliphatic carbocycles. The van der Waals surface area contributed by atoms with Gasteiger partial charge in [-0.25, -0.2) is 0 Å². The monoisotopic (exact) mass is 227 g/mol. The highest BCUT2D eigenvalue weighted by Crippen LogP contribution is 2.15. The summed E-state index contributed by atoms with van der Waals surface area (Å²) in [6.07, 6.45) is 0.571. The topological polar surface area (TPSA) is 52.3 Å². The number of carbonyl (C=O) groups is 1. The molecule has 1 atom stereocenters. The summed E-state index contributed by atoms with van der Waals surface area (Å²) in [6.45, 7) is 2.01. The molecule has 2 N–H and O–H groups in total. The van der Waals surface area contributed by atoms with Crippen LogP contribution in [0.15, 0.2) is 24.3 Å². The molecular formula is C11H14ClNO2. The van der Waals surface area contributed by atoms with Crippen molar-refractivity contribution in [2.45, 2.75) is 26.0 Å². The van der Waals surface area contributed by atoms with Gasteiger partial charge in [0.25, 0.3) is 0 Å². The van der Waals surface area contributed by atoms with Gasteiger partial charge in [0.2, 0.25) is 0 Å². The first-order valence-electron chi connectivity index (χ1n) is 4.80. The molecule has 0 saturated heterocycles. The molecule has 0 saturated carbocycles. The highest BCUT2D eigenvalue weighted by atomic mass is 35.5. The van der Waals surface area contributed by atoms with E-state index in [0.29, 0.717) is 11.4 Å². The molecular weight excluding hydrogens is 214 g/mol. The Bertz CT molecular complexity index is 341. The molecule has 0 spiro atoms.